The maximum absolute atomic E-state index is 12.7. The maximum atomic E-state index is 12.7. The summed E-state index contributed by atoms with van der Waals surface area (Å²) >= 11 is 0. The highest BCUT2D eigenvalue weighted by molar-refractivity contribution is 5.15. The van der Waals surface area contributed by atoms with Crippen LogP contribution in [-0.4, -0.2) is 18.2 Å². The molecule has 1 unspecified atom stereocenters. The first kappa shape index (κ1) is 10.2. The van der Waals surface area contributed by atoms with E-state index in [-0.39, 0.29) is 5.82 Å². The molecule has 1 saturated carbocycles. The summed E-state index contributed by atoms with van der Waals surface area (Å²) in [6.07, 6.45) is 4.05. The van der Waals surface area contributed by atoms with Crippen molar-refractivity contribution in [2.45, 2.75) is 37.5 Å². The van der Waals surface area contributed by atoms with Gasteiger partial charge in [0, 0.05) is 12.1 Å². The summed E-state index contributed by atoms with van der Waals surface area (Å²) in [5, 5.41) is 3.52. The molecule has 3 rings (SSSR count). The highest BCUT2D eigenvalue weighted by Crippen LogP contribution is 2.43. The first-order valence-electron chi connectivity index (χ1n) is 5.87. The van der Waals surface area contributed by atoms with Crippen LogP contribution in [0.25, 0.3) is 0 Å². The fourth-order valence-electron chi connectivity index (χ4n) is 2.35. The number of rotatable bonds is 3. The Kier molecular flexibility index (Phi) is 2.45. The molecule has 1 spiro atoms. The molecule has 0 radical (unpaired) electrons. The maximum Gasteiger partial charge on any atom is 0.123 e. The van der Waals surface area contributed by atoms with E-state index in [0.29, 0.717) is 18.2 Å². The minimum Gasteiger partial charge on any atom is -0.372 e. The molecule has 1 aromatic carbocycles. The van der Waals surface area contributed by atoms with Crippen LogP contribution in [0.4, 0.5) is 4.39 Å². The second kappa shape index (κ2) is 3.82. The van der Waals surface area contributed by atoms with E-state index >= 15 is 0 Å². The predicted molar refractivity (Wildman–Crippen MR) is 59.6 cm³/mol. The normalized spacial score (nSPS) is 26.2. The first-order valence-corrected chi connectivity index (χ1v) is 5.87. The van der Waals surface area contributed by atoms with Crippen molar-refractivity contribution in [3.63, 3.8) is 0 Å². The monoisotopic (exact) mass is 221 g/mol. The molecule has 3 heteroatoms. The lowest BCUT2D eigenvalue weighted by atomic mass is 10.2. The molecule has 0 bridgehead atoms. The van der Waals surface area contributed by atoms with Crippen LogP contribution in [0.3, 0.4) is 0 Å². The number of nitrogens with one attached hydrogen (secondary N) is 1. The van der Waals surface area contributed by atoms with Crippen molar-refractivity contribution in [2.24, 2.45) is 0 Å². The number of benzene rings is 1. The van der Waals surface area contributed by atoms with Gasteiger partial charge < -0.3 is 10.1 Å². The molecule has 1 atom stereocenters. The van der Waals surface area contributed by atoms with Gasteiger partial charge in [-0.25, -0.2) is 4.39 Å². The van der Waals surface area contributed by atoms with E-state index in [2.05, 4.69) is 5.32 Å². The van der Waals surface area contributed by atoms with Gasteiger partial charge in [-0.1, -0.05) is 12.1 Å². The summed E-state index contributed by atoms with van der Waals surface area (Å²) in [7, 11) is 0. The Morgan fingerprint density at radius 3 is 2.69 bits per heavy atom. The fourth-order valence-corrected chi connectivity index (χ4v) is 2.35. The Balaban J connectivity index is 1.51. The molecule has 1 heterocycles. The van der Waals surface area contributed by atoms with Crippen LogP contribution >= 0.6 is 0 Å². The van der Waals surface area contributed by atoms with E-state index in [1.54, 1.807) is 12.1 Å². The molecule has 2 nitrogen and oxygen atoms in total. The van der Waals surface area contributed by atoms with Gasteiger partial charge in [0.15, 0.2) is 0 Å². The molecular formula is C13H16FNO. The van der Waals surface area contributed by atoms with Crippen LogP contribution in [-0.2, 0) is 11.3 Å². The number of ether oxygens (including phenoxy) is 1. The summed E-state index contributed by atoms with van der Waals surface area (Å²) in [6.45, 7) is 1.55. The van der Waals surface area contributed by atoms with Gasteiger partial charge >= 0.3 is 0 Å². The molecular weight excluding hydrogens is 205 g/mol. The average Bonchev–Trinajstić information content (AvgIpc) is 2.91. The molecule has 0 aromatic heterocycles. The SMILES string of the molecule is Fc1ccc(COC2CNC3(CC3)C2)cc1. The summed E-state index contributed by atoms with van der Waals surface area (Å²) in [4.78, 5) is 0. The van der Waals surface area contributed by atoms with Gasteiger partial charge in [-0.05, 0) is 37.0 Å². The molecule has 1 aromatic rings. The van der Waals surface area contributed by atoms with E-state index in [4.69, 9.17) is 4.74 Å². The van der Waals surface area contributed by atoms with Crippen molar-refractivity contribution < 1.29 is 9.13 Å². The second-order valence-electron chi connectivity index (χ2n) is 4.92. The van der Waals surface area contributed by atoms with Crippen molar-refractivity contribution in [2.75, 3.05) is 6.54 Å². The average molecular weight is 221 g/mol. The Morgan fingerprint density at radius 1 is 1.31 bits per heavy atom. The van der Waals surface area contributed by atoms with Crippen LogP contribution in [0, 0.1) is 5.82 Å². The van der Waals surface area contributed by atoms with Crippen molar-refractivity contribution in [3.8, 4) is 0 Å². The highest BCUT2D eigenvalue weighted by atomic mass is 19.1. The van der Waals surface area contributed by atoms with E-state index in [0.717, 1.165) is 18.5 Å². The quantitative estimate of drug-likeness (QED) is 0.845. The van der Waals surface area contributed by atoms with E-state index < -0.39 is 0 Å². The smallest absolute Gasteiger partial charge is 0.123 e. The number of halogens is 1. The molecule has 16 heavy (non-hydrogen) atoms. The Hall–Kier alpha value is -0.930. The lowest BCUT2D eigenvalue weighted by molar-refractivity contribution is 0.0520. The van der Waals surface area contributed by atoms with Crippen molar-refractivity contribution in [3.05, 3.63) is 35.6 Å². The first-order chi connectivity index (χ1) is 7.76. The van der Waals surface area contributed by atoms with E-state index in [1.165, 1.54) is 25.0 Å². The van der Waals surface area contributed by atoms with Gasteiger partial charge in [-0.3, -0.25) is 0 Å². The zero-order valence-corrected chi connectivity index (χ0v) is 9.21. The summed E-state index contributed by atoms with van der Waals surface area (Å²) in [5.74, 6) is -0.191. The molecule has 1 N–H and O–H groups in total. The van der Waals surface area contributed by atoms with Crippen LogP contribution in [0.5, 0.6) is 0 Å². The van der Waals surface area contributed by atoms with Crippen molar-refractivity contribution in [1.29, 1.82) is 0 Å². The molecule has 1 aliphatic carbocycles. The summed E-state index contributed by atoms with van der Waals surface area (Å²) < 4.78 is 18.5. The van der Waals surface area contributed by atoms with Crippen LogP contribution in [0.2, 0.25) is 0 Å². The standard InChI is InChI=1S/C13H16FNO/c14-11-3-1-10(2-4-11)9-16-12-7-13(5-6-13)15-8-12/h1-4,12,15H,5-9H2. The van der Waals surface area contributed by atoms with Crippen LogP contribution in [0.1, 0.15) is 24.8 Å². The third-order valence-corrected chi connectivity index (χ3v) is 3.58. The van der Waals surface area contributed by atoms with E-state index in [1.807, 2.05) is 0 Å². The molecule has 86 valence electrons. The predicted octanol–water partition coefficient (Wildman–Crippen LogP) is 2.24. The number of hydrogen-bond acceptors (Lipinski definition) is 2. The van der Waals surface area contributed by atoms with Gasteiger partial charge in [0.1, 0.15) is 5.82 Å². The summed E-state index contributed by atoms with van der Waals surface area (Å²) in [6, 6.07) is 6.52. The van der Waals surface area contributed by atoms with Gasteiger partial charge in [-0.2, -0.15) is 0 Å². The van der Waals surface area contributed by atoms with Gasteiger partial charge in [0.05, 0.1) is 12.7 Å². The minimum absolute atomic E-state index is 0.191. The molecule has 1 aliphatic heterocycles. The van der Waals surface area contributed by atoms with Crippen molar-refractivity contribution in [1.82, 2.24) is 5.32 Å². The van der Waals surface area contributed by atoms with Crippen LogP contribution < -0.4 is 5.32 Å². The van der Waals surface area contributed by atoms with Gasteiger partial charge in [0.2, 0.25) is 0 Å². The fraction of sp³-hybridized carbons (Fsp3) is 0.538. The molecule has 2 fully saturated rings. The molecule has 0 amide bonds. The lowest BCUT2D eigenvalue weighted by Crippen LogP contribution is -2.22. The van der Waals surface area contributed by atoms with Crippen LogP contribution in [0.15, 0.2) is 24.3 Å². The third kappa shape index (κ3) is 2.11. The Bertz CT molecular complexity index is 372. The topological polar surface area (TPSA) is 21.3 Å². The molecule has 1 saturated heterocycles. The van der Waals surface area contributed by atoms with E-state index in [9.17, 15) is 4.39 Å². The summed E-state index contributed by atoms with van der Waals surface area (Å²) in [5.41, 5.74) is 1.46. The van der Waals surface area contributed by atoms with Crippen molar-refractivity contribution >= 4 is 0 Å². The highest BCUT2D eigenvalue weighted by Gasteiger charge is 2.48. The largest absolute Gasteiger partial charge is 0.372 e. The van der Waals surface area contributed by atoms with Gasteiger partial charge in [0.25, 0.3) is 0 Å². The zero-order chi connectivity index (χ0) is 11.0. The third-order valence-electron chi connectivity index (χ3n) is 3.58. The minimum atomic E-state index is -0.191. The second-order valence-corrected chi connectivity index (χ2v) is 4.92. The Labute approximate surface area is 94.8 Å². The molecule has 2 aliphatic rings. The van der Waals surface area contributed by atoms with Gasteiger partial charge in [-0.15, -0.1) is 0 Å². The lowest BCUT2D eigenvalue weighted by Gasteiger charge is -2.10. The Morgan fingerprint density at radius 2 is 2.06 bits per heavy atom. The zero-order valence-electron chi connectivity index (χ0n) is 9.21. The number of hydrogen-bond donors (Lipinski definition) is 1.